The Kier molecular flexibility index (Phi) is 15.9. The predicted octanol–water partition coefficient (Wildman–Crippen LogP) is 28.6. The Bertz CT molecular complexity index is 8200. The number of para-hydroxylation sites is 8. The molecule has 0 saturated carbocycles. The third-order valence-corrected chi connectivity index (χ3v) is 26.8. The summed E-state index contributed by atoms with van der Waals surface area (Å²) in [6.07, 6.45) is 4.13. The summed E-state index contributed by atoms with van der Waals surface area (Å²) in [6.45, 7) is 14.1. The number of pyridine rings is 1. The molecular formula is C114H83N9. The molecule has 23 aromatic rings. The molecule has 0 saturated heterocycles. The van der Waals surface area contributed by atoms with Crippen molar-refractivity contribution in [3.05, 3.63) is 428 Å². The summed E-state index contributed by atoms with van der Waals surface area (Å²) in [5.74, 6) is 1.89. The summed E-state index contributed by atoms with van der Waals surface area (Å²) >= 11 is 0. The number of rotatable bonds is 8. The Morgan fingerprint density at radius 1 is 0.220 bits per heavy atom. The fraction of sp³-hybridized carbons (Fsp3) is 0.0789. The van der Waals surface area contributed by atoms with Crippen LogP contribution in [0.25, 0.3) is 189 Å². The zero-order valence-corrected chi connectivity index (χ0v) is 69.1. The van der Waals surface area contributed by atoms with E-state index in [4.69, 9.17) is 15.0 Å². The Morgan fingerprint density at radius 2 is 0.537 bits per heavy atom. The van der Waals surface area contributed by atoms with Crippen molar-refractivity contribution >= 4 is 93.1 Å². The third-order valence-electron chi connectivity index (χ3n) is 26.8. The monoisotopic (exact) mass is 1580 g/mol. The number of imidazole rings is 3. The predicted molar refractivity (Wildman–Crippen MR) is 509 cm³/mol. The highest BCUT2D eigenvalue weighted by Crippen LogP contribution is 2.57. The molecule has 0 spiro atoms. The molecule has 0 bridgehead atoms. The second kappa shape index (κ2) is 27.3. The molecule has 7 aromatic heterocycles. The van der Waals surface area contributed by atoms with Crippen LogP contribution in [0.2, 0.25) is 0 Å². The molecule has 3 aliphatic rings. The summed E-state index contributed by atoms with van der Waals surface area (Å²) in [6, 6.07) is 138. The highest BCUT2D eigenvalue weighted by molar-refractivity contribution is 6.21. The van der Waals surface area contributed by atoms with Crippen LogP contribution in [0.4, 0.5) is 0 Å². The van der Waals surface area contributed by atoms with Gasteiger partial charge in [0, 0.05) is 106 Å². The lowest BCUT2D eigenvalue weighted by Crippen LogP contribution is -2.14. The van der Waals surface area contributed by atoms with Crippen molar-refractivity contribution < 1.29 is 0 Å². The van der Waals surface area contributed by atoms with Crippen LogP contribution in [0.5, 0.6) is 0 Å². The molecule has 3 aliphatic carbocycles. The smallest absolute Gasteiger partial charge is 0.145 e. The van der Waals surface area contributed by atoms with E-state index >= 15 is 0 Å². The first-order chi connectivity index (χ1) is 60.3. The lowest BCUT2D eigenvalue weighted by Gasteiger charge is -2.21. The largest absolute Gasteiger partial charge is 0.309 e. The van der Waals surface area contributed by atoms with E-state index in [1.807, 2.05) is 30.5 Å². The maximum Gasteiger partial charge on any atom is 0.145 e. The first-order valence-corrected chi connectivity index (χ1v) is 42.6. The molecule has 7 heterocycles. The van der Waals surface area contributed by atoms with Crippen LogP contribution in [0.1, 0.15) is 74.9 Å². The minimum Gasteiger partial charge on any atom is -0.309 e. The molecule has 16 aromatic carbocycles. The van der Waals surface area contributed by atoms with Gasteiger partial charge in [0.2, 0.25) is 0 Å². The van der Waals surface area contributed by atoms with Gasteiger partial charge in [-0.1, -0.05) is 278 Å². The fourth-order valence-electron chi connectivity index (χ4n) is 21.1. The van der Waals surface area contributed by atoms with Crippen molar-refractivity contribution in [1.82, 2.24) is 42.2 Å². The molecule has 26 rings (SSSR count). The Labute approximate surface area is 712 Å². The second-order valence-electron chi connectivity index (χ2n) is 34.6. The topological polar surface area (TPSA) is 67.7 Å². The van der Waals surface area contributed by atoms with Crippen molar-refractivity contribution in [1.29, 1.82) is 0 Å². The van der Waals surface area contributed by atoms with Crippen LogP contribution in [0, 0.1) is 0 Å². The molecule has 0 amide bonds. The number of benzene rings is 16. The van der Waals surface area contributed by atoms with Gasteiger partial charge in [-0.25, -0.2) is 15.0 Å². The van der Waals surface area contributed by atoms with Gasteiger partial charge in [0.25, 0.3) is 0 Å². The van der Waals surface area contributed by atoms with E-state index in [1.54, 1.807) is 0 Å². The molecule has 123 heavy (non-hydrogen) atoms. The maximum atomic E-state index is 5.08. The molecule has 9 heteroatoms. The first-order valence-electron chi connectivity index (χ1n) is 42.6. The second-order valence-corrected chi connectivity index (χ2v) is 34.6. The zero-order valence-electron chi connectivity index (χ0n) is 69.1. The van der Waals surface area contributed by atoms with Crippen LogP contribution in [0.3, 0.4) is 0 Å². The van der Waals surface area contributed by atoms with Gasteiger partial charge >= 0.3 is 0 Å². The number of nitrogens with zero attached hydrogens (tertiary/aromatic N) is 9. The minimum atomic E-state index is -0.0327. The quantitative estimate of drug-likeness (QED) is 0.152. The van der Waals surface area contributed by atoms with Crippen molar-refractivity contribution in [3.63, 3.8) is 0 Å². The third kappa shape index (κ3) is 10.8. The van der Waals surface area contributed by atoms with Crippen LogP contribution in [-0.2, 0) is 16.2 Å². The van der Waals surface area contributed by atoms with Crippen LogP contribution < -0.4 is 0 Å². The lowest BCUT2D eigenvalue weighted by atomic mass is 9.82. The van der Waals surface area contributed by atoms with Crippen LogP contribution in [-0.4, -0.2) is 42.2 Å². The summed E-state index contributed by atoms with van der Waals surface area (Å²) in [7, 11) is 0. The zero-order chi connectivity index (χ0) is 82.1. The highest BCUT2D eigenvalue weighted by atomic mass is 15.1. The molecular weight excluding hydrogens is 1500 g/mol. The van der Waals surface area contributed by atoms with Gasteiger partial charge < -0.3 is 18.1 Å². The van der Waals surface area contributed by atoms with Gasteiger partial charge in [0.15, 0.2) is 0 Å². The molecule has 0 N–H and O–H groups in total. The van der Waals surface area contributed by atoms with Gasteiger partial charge in [0.1, 0.15) is 17.3 Å². The number of hydrogen-bond acceptors (Lipinski definition) is 3. The van der Waals surface area contributed by atoms with Gasteiger partial charge in [0.05, 0.1) is 60.9 Å². The minimum absolute atomic E-state index is 0.0148. The van der Waals surface area contributed by atoms with E-state index in [2.05, 4.69) is 433 Å². The SMILES string of the molecule is CC1(C)c2ccccc2-c2c1ccc1c2c2ccccc2n1-c1ccc(-c2cn3ccccc3n2)cc1.CC1(C)c2ccccc2-c2c1ccc1c2c2ccccc2n1-c1ccc(-c2nc3ccccc3n2-c2ccccc2)cc1.CC1(C)c2ccccc2-c2c1ccc1c2c2ccccc2n1-c1ccc(-n2c(-c3ccccc3)nc3ccccc32)cc1. The Hall–Kier alpha value is -15.5. The van der Waals surface area contributed by atoms with E-state index < -0.39 is 0 Å². The number of hydrogen-bond donors (Lipinski definition) is 0. The Balaban J connectivity index is 0.000000104. The van der Waals surface area contributed by atoms with E-state index in [1.165, 1.54) is 132 Å². The van der Waals surface area contributed by atoms with E-state index in [0.29, 0.717) is 0 Å². The molecule has 9 nitrogen and oxygen atoms in total. The van der Waals surface area contributed by atoms with Crippen molar-refractivity contribution in [2.45, 2.75) is 57.8 Å². The molecule has 0 aliphatic heterocycles. The molecule has 0 radical (unpaired) electrons. The first kappa shape index (κ1) is 71.6. The molecule has 0 unspecified atom stereocenters. The van der Waals surface area contributed by atoms with Crippen molar-refractivity contribution in [3.8, 4) is 95.9 Å². The molecule has 0 atom stereocenters. The van der Waals surface area contributed by atoms with Gasteiger partial charge in [-0.15, -0.1) is 0 Å². The summed E-state index contributed by atoms with van der Waals surface area (Å²) < 4.78 is 13.8. The van der Waals surface area contributed by atoms with Crippen molar-refractivity contribution in [2.24, 2.45) is 0 Å². The average Bonchev–Trinajstić information content (AvgIpc) is 1.55. The summed E-state index contributed by atoms with van der Waals surface area (Å²) in [5.41, 5.74) is 39.0. The van der Waals surface area contributed by atoms with Crippen LogP contribution in [0.15, 0.2) is 395 Å². The normalized spacial score (nSPS) is 13.6. The van der Waals surface area contributed by atoms with Gasteiger partial charge in [-0.3, -0.25) is 9.13 Å². The maximum absolute atomic E-state index is 5.08. The molecule has 0 fully saturated rings. The number of aromatic nitrogens is 9. The average molecular weight is 1580 g/mol. The summed E-state index contributed by atoms with van der Waals surface area (Å²) in [5, 5.41) is 7.89. The lowest BCUT2D eigenvalue weighted by molar-refractivity contribution is 0.660. The standard InChI is InChI=1S/2C40H29N3.C34H25N3/c1-40(2)31-16-8-6-14-29(31)37-32(40)24-25-36-38(37)30-15-7-10-18-34(30)42(36)28-22-20-26(21-23-28)39-41-33-17-9-11-19-35(33)43(39)27-12-4-3-5-13-27;1-40(2)31-16-8-6-14-29(31)37-32(40)24-25-36-38(37)30-15-7-10-18-34(30)42(36)27-20-22-28(23-21-27)43-35-19-11-9-17-33(35)41-39(43)26-12-4-3-5-13-26;1-34(2)26-11-5-3-9-24(26)32-27(34)18-19-30-33(32)25-10-4-6-12-29(25)37(30)23-16-14-22(15-17-23)28-21-36-20-8-7-13-31(36)35-28/h2*3-25H,1-2H3;3-21H,1-2H3. The molecule has 584 valence electrons. The number of fused-ring (bicyclic) bond motifs is 24. The highest BCUT2D eigenvalue weighted by Gasteiger charge is 2.41. The van der Waals surface area contributed by atoms with E-state index in [0.717, 1.165) is 90.2 Å². The van der Waals surface area contributed by atoms with Gasteiger partial charge in [-0.2, -0.15) is 0 Å². The Morgan fingerprint density at radius 3 is 0.951 bits per heavy atom. The van der Waals surface area contributed by atoms with Crippen molar-refractivity contribution in [2.75, 3.05) is 0 Å². The van der Waals surface area contributed by atoms with E-state index in [-0.39, 0.29) is 16.2 Å². The van der Waals surface area contributed by atoms with Crippen LogP contribution >= 0.6 is 0 Å². The van der Waals surface area contributed by atoms with Gasteiger partial charge in [-0.05, 0) is 212 Å². The fourth-order valence-corrected chi connectivity index (χ4v) is 21.1. The van der Waals surface area contributed by atoms with E-state index in [9.17, 15) is 0 Å². The summed E-state index contributed by atoms with van der Waals surface area (Å²) in [4.78, 5) is 14.9.